The van der Waals surface area contributed by atoms with Crippen LogP contribution in [0.15, 0.2) is 78.9 Å². The number of nitrogen functional groups attached to an aromatic ring is 1. The molecule has 170 valence electrons. The van der Waals surface area contributed by atoms with Gasteiger partial charge in [-0.05, 0) is 36.2 Å². The first-order valence-electron chi connectivity index (χ1n) is 10.9. The molecule has 0 bridgehead atoms. The lowest BCUT2D eigenvalue weighted by molar-refractivity contribution is 0.411. The van der Waals surface area contributed by atoms with Gasteiger partial charge in [0.2, 0.25) is 5.95 Å². The van der Waals surface area contributed by atoms with E-state index in [2.05, 4.69) is 32.5 Å². The summed E-state index contributed by atoms with van der Waals surface area (Å²) < 4.78 is 21.8. The number of nitrogens with one attached hydrogen (secondary N) is 1. The van der Waals surface area contributed by atoms with E-state index in [4.69, 9.17) is 10.5 Å². The molecular weight excluding hydrogens is 431 g/mol. The highest BCUT2D eigenvalue weighted by Gasteiger charge is 2.21. The Labute approximate surface area is 196 Å². The third kappa shape index (κ3) is 4.13. The van der Waals surface area contributed by atoms with Crippen molar-refractivity contribution in [2.45, 2.75) is 6.42 Å². The van der Waals surface area contributed by atoms with Crippen LogP contribution < -0.4 is 15.8 Å². The second-order valence-electron chi connectivity index (χ2n) is 7.74. The van der Waals surface area contributed by atoms with Gasteiger partial charge >= 0.3 is 0 Å². The molecule has 0 aliphatic carbocycles. The number of hydrogen-bond acceptors (Lipinski definition) is 6. The Morgan fingerprint density at radius 2 is 1.71 bits per heavy atom. The summed E-state index contributed by atoms with van der Waals surface area (Å²) in [7, 11) is 1.49. The Morgan fingerprint density at radius 3 is 2.41 bits per heavy atom. The Morgan fingerprint density at radius 1 is 0.971 bits per heavy atom. The molecule has 0 spiro atoms. The SMILES string of the molecule is COc1ccc(-c2nc(NCCc3ccccc3)nc3nn(-c4ccccc4)c(N)c23)c(F)c1. The third-order valence-electron chi connectivity index (χ3n) is 5.54. The number of aromatic nitrogens is 4. The van der Waals surface area contributed by atoms with Crippen LogP contribution in [0.4, 0.5) is 16.2 Å². The number of fused-ring (bicyclic) bond motifs is 1. The maximum atomic E-state index is 15.1. The van der Waals surface area contributed by atoms with E-state index in [0.29, 0.717) is 46.4 Å². The Hall–Kier alpha value is -4.46. The van der Waals surface area contributed by atoms with Gasteiger partial charge in [0.25, 0.3) is 0 Å². The molecular formula is C26H23FN6O. The largest absolute Gasteiger partial charge is 0.497 e. The molecule has 0 aliphatic heterocycles. The first kappa shape index (κ1) is 21.4. The van der Waals surface area contributed by atoms with Gasteiger partial charge in [-0.15, -0.1) is 5.10 Å². The van der Waals surface area contributed by atoms with Crippen molar-refractivity contribution in [3.05, 3.63) is 90.2 Å². The average molecular weight is 455 g/mol. The van der Waals surface area contributed by atoms with Crippen LogP contribution >= 0.6 is 0 Å². The van der Waals surface area contributed by atoms with Crippen molar-refractivity contribution in [2.75, 3.05) is 24.7 Å². The lowest BCUT2D eigenvalue weighted by Gasteiger charge is -2.10. The van der Waals surface area contributed by atoms with Crippen molar-refractivity contribution < 1.29 is 9.13 Å². The van der Waals surface area contributed by atoms with Crippen LogP contribution in [0.25, 0.3) is 28.0 Å². The van der Waals surface area contributed by atoms with Gasteiger partial charge in [-0.25, -0.2) is 14.1 Å². The zero-order valence-corrected chi connectivity index (χ0v) is 18.6. The highest BCUT2D eigenvalue weighted by atomic mass is 19.1. The zero-order chi connectivity index (χ0) is 23.5. The van der Waals surface area contributed by atoms with Crippen LogP contribution in [0.2, 0.25) is 0 Å². The summed E-state index contributed by atoms with van der Waals surface area (Å²) in [5.74, 6) is 0.635. The number of anilines is 2. The van der Waals surface area contributed by atoms with E-state index in [1.54, 1.807) is 16.8 Å². The molecule has 5 rings (SSSR count). The minimum Gasteiger partial charge on any atom is -0.497 e. The van der Waals surface area contributed by atoms with Crippen molar-refractivity contribution in [1.82, 2.24) is 19.7 Å². The van der Waals surface area contributed by atoms with Gasteiger partial charge in [-0.2, -0.15) is 4.98 Å². The molecule has 2 aromatic heterocycles. The molecule has 5 aromatic rings. The summed E-state index contributed by atoms with van der Waals surface area (Å²) in [6.07, 6.45) is 0.787. The third-order valence-corrected chi connectivity index (χ3v) is 5.54. The minimum absolute atomic E-state index is 0.290. The van der Waals surface area contributed by atoms with E-state index in [1.165, 1.54) is 18.7 Å². The lowest BCUT2D eigenvalue weighted by Crippen LogP contribution is -2.09. The molecule has 0 saturated carbocycles. The number of halogens is 1. The van der Waals surface area contributed by atoms with Gasteiger partial charge in [0.05, 0.1) is 23.9 Å². The average Bonchev–Trinajstić information content (AvgIpc) is 3.21. The minimum atomic E-state index is -0.471. The van der Waals surface area contributed by atoms with E-state index in [0.717, 1.165) is 12.1 Å². The number of hydrogen-bond donors (Lipinski definition) is 2. The molecule has 2 heterocycles. The molecule has 0 aliphatic rings. The number of benzene rings is 3. The fourth-order valence-corrected chi connectivity index (χ4v) is 3.83. The van der Waals surface area contributed by atoms with Crippen LogP contribution in [-0.2, 0) is 6.42 Å². The molecule has 3 N–H and O–H groups in total. The fourth-order valence-electron chi connectivity index (χ4n) is 3.83. The Bertz CT molecular complexity index is 1440. The smallest absolute Gasteiger partial charge is 0.225 e. The molecule has 3 aromatic carbocycles. The van der Waals surface area contributed by atoms with Crippen molar-refractivity contribution in [1.29, 1.82) is 0 Å². The summed E-state index contributed by atoms with van der Waals surface area (Å²) in [6, 6.07) is 24.2. The number of ether oxygens (including phenoxy) is 1. The van der Waals surface area contributed by atoms with Crippen LogP contribution in [0.1, 0.15) is 5.56 Å². The number of methoxy groups -OCH3 is 1. The first-order chi connectivity index (χ1) is 16.6. The van der Waals surface area contributed by atoms with Crippen molar-refractivity contribution >= 4 is 22.8 Å². The van der Waals surface area contributed by atoms with Crippen molar-refractivity contribution in [2.24, 2.45) is 0 Å². The molecule has 0 fully saturated rings. The van der Waals surface area contributed by atoms with E-state index >= 15 is 4.39 Å². The van der Waals surface area contributed by atoms with E-state index in [9.17, 15) is 0 Å². The van der Waals surface area contributed by atoms with Crippen LogP contribution in [0, 0.1) is 5.82 Å². The maximum absolute atomic E-state index is 15.1. The summed E-state index contributed by atoms with van der Waals surface area (Å²) >= 11 is 0. The maximum Gasteiger partial charge on any atom is 0.225 e. The number of rotatable bonds is 7. The Balaban J connectivity index is 1.60. The second-order valence-corrected chi connectivity index (χ2v) is 7.74. The fraction of sp³-hybridized carbons (Fsp3) is 0.115. The zero-order valence-electron chi connectivity index (χ0n) is 18.6. The van der Waals surface area contributed by atoms with Gasteiger partial charge in [0.15, 0.2) is 5.65 Å². The van der Waals surface area contributed by atoms with E-state index in [-0.39, 0.29) is 0 Å². The van der Waals surface area contributed by atoms with Gasteiger partial charge in [-0.1, -0.05) is 48.5 Å². The van der Waals surface area contributed by atoms with Crippen molar-refractivity contribution in [3.8, 4) is 22.7 Å². The van der Waals surface area contributed by atoms with Crippen LogP contribution in [-0.4, -0.2) is 33.4 Å². The predicted octanol–water partition coefficient (Wildman–Crippen LogP) is 4.87. The molecule has 7 nitrogen and oxygen atoms in total. The first-order valence-corrected chi connectivity index (χ1v) is 10.9. The topological polar surface area (TPSA) is 90.9 Å². The highest BCUT2D eigenvalue weighted by molar-refractivity contribution is 5.99. The molecule has 0 amide bonds. The second kappa shape index (κ2) is 9.19. The molecule has 34 heavy (non-hydrogen) atoms. The summed E-state index contributed by atoms with van der Waals surface area (Å²) in [5.41, 5.74) is 9.50. The highest BCUT2D eigenvalue weighted by Crippen LogP contribution is 2.35. The predicted molar refractivity (Wildman–Crippen MR) is 132 cm³/mol. The monoisotopic (exact) mass is 454 g/mol. The number of nitrogens with two attached hydrogens (primary N) is 1. The standard InChI is InChI=1S/C26H23FN6O/c1-34-19-12-13-20(21(27)16-19)23-22-24(28)33(18-10-6-3-7-11-18)32-25(22)31-26(30-23)29-15-14-17-8-4-2-5-9-17/h2-13,16H,14-15,28H2,1H3,(H,29,31,32). The van der Waals surface area contributed by atoms with Crippen LogP contribution in [0.3, 0.4) is 0 Å². The van der Waals surface area contributed by atoms with Crippen LogP contribution in [0.5, 0.6) is 5.75 Å². The summed E-state index contributed by atoms with van der Waals surface area (Å²) in [5, 5.41) is 8.35. The molecule has 0 radical (unpaired) electrons. The molecule has 8 heteroatoms. The van der Waals surface area contributed by atoms with E-state index in [1.807, 2.05) is 48.5 Å². The van der Waals surface area contributed by atoms with Gasteiger partial charge in [0.1, 0.15) is 17.4 Å². The van der Waals surface area contributed by atoms with Crippen molar-refractivity contribution in [3.63, 3.8) is 0 Å². The summed E-state index contributed by atoms with van der Waals surface area (Å²) in [6.45, 7) is 0.606. The number of nitrogens with zero attached hydrogens (tertiary/aromatic N) is 4. The van der Waals surface area contributed by atoms with Gasteiger partial charge in [0, 0.05) is 18.2 Å². The molecule has 0 unspecified atom stereocenters. The van der Waals surface area contributed by atoms with E-state index < -0.39 is 5.82 Å². The van der Waals surface area contributed by atoms with Gasteiger partial charge in [-0.3, -0.25) is 0 Å². The normalized spacial score (nSPS) is 11.0. The Kier molecular flexibility index (Phi) is 5.78. The van der Waals surface area contributed by atoms with Gasteiger partial charge < -0.3 is 15.8 Å². The quantitative estimate of drug-likeness (QED) is 0.365. The molecule has 0 saturated heterocycles. The lowest BCUT2D eigenvalue weighted by atomic mass is 10.1. The number of para-hydroxylation sites is 1. The molecule has 0 atom stereocenters. The summed E-state index contributed by atoms with van der Waals surface area (Å²) in [4.78, 5) is 9.23.